The van der Waals surface area contributed by atoms with E-state index in [1.54, 1.807) is 24.3 Å². The molecule has 1 aliphatic heterocycles. The summed E-state index contributed by atoms with van der Waals surface area (Å²) in [6.07, 6.45) is 0. The van der Waals surface area contributed by atoms with Crippen LogP contribution in [0.5, 0.6) is 0 Å². The molecule has 0 saturated heterocycles. The van der Waals surface area contributed by atoms with Crippen molar-refractivity contribution in [3.8, 4) is 0 Å². The summed E-state index contributed by atoms with van der Waals surface area (Å²) in [5, 5.41) is 0.894. The van der Waals surface area contributed by atoms with Crippen molar-refractivity contribution in [1.82, 2.24) is 5.06 Å². The number of hydrogen-bond donors (Lipinski definition) is 0. The Morgan fingerprint density at radius 1 is 1.06 bits per heavy atom. The molecule has 0 spiro atoms. The van der Waals surface area contributed by atoms with Gasteiger partial charge in [-0.3, -0.25) is 14.4 Å². The first-order chi connectivity index (χ1) is 8.40. The van der Waals surface area contributed by atoms with E-state index in [1.807, 2.05) is 0 Å². The van der Waals surface area contributed by atoms with Crippen molar-refractivity contribution in [3.05, 3.63) is 35.4 Å². The van der Waals surface area contributed by atoms with E-state index in [0.29, 0.717) is 17.7 Å². The first kappa shape index (κ1) is 13.0. The maximum Gasteiger partial charge on any atom is 0.285 e. The zero-order chi connectivity index (χ0) is 13.3. The molecule has 1 aromatic carbocycles. The summed E-state index contributed by atoms with van der Waals surface area (Å²) >= 11 is 0. The Morgan fingerprint density at radius 3 is 2.00 bits per heavy atom. The van der Waals surface area contributed by atoms with Gasteiger partial charge in [-0.15, -0.1) is 5.06 Å². The molecule has 5 heteroatoms. The molecular formula is C13H17NO3Si. The molecule has 18 heavy (non-hydrogen) atoms. The summed E-state index contributed by atoms with van der Waals surface area (Å²) in [7, 11) is -1.23. The van der Waals surface area contributed by atoms with Crippen LogP contribution in [-0.2, 0) is 4.84 Å². The monoisotopic (exact) mass is 263 g/mol. The standard InChI is InChI=1S/C13H17NO3Si/c1-18(2,3)9-8-17-14-12(15)10-6-4-5-7-11(10)13(14)16/h4-7H,8-9H2,1-3H3. The van der Waals surface area contributed by atoms with Gasteiger partial charge in [0.25, 0.3) is 11.8 Å². The first-order valence-electron chi connectivity index (χ1n) is 6.01. The van der Waals surface area contributed by atoms with Crippen molar-refractivity contribution >= 4 is 19.9 Å². The number of amides is 2. The van der Waals surface area contributed by atoms with Crippen molar-refractivity contribution in [2.45, 2.75) is 25.7 Å². The minimum Gasteiger partial charge on any atom is -0.266 e. The second kappa shape index (κ2) is 4.66. The third kappa shape index (κ3) is 2.52. The Labute approximate surface area is 108 Å². The van der Waals surface area contributed by atoms with Crippen LogP contribution < -0.4 is 0 Å². The number of fused-ring (bicyclic) bond motifs is 1. The average molecular weight is 263 g/mol. The van der Waals surface area contributed by atoms with E-state index in [2.05, 4.69) is 19.6 Å². The summed E-state index contributed by atoms with van der Waals surface area (Å²) in [5.41, 5.74) is 0.853. The zero-order valence-electron chi connectivity index (χ0n) is 10.9. The van der Waals surface area contributed by atoms with E-state index in [9.17, 15) is 9.59 Å². The van der Waals surface area contributed by atoms with Crippen molar-refractivity contribution in [1.29, 1.82) is 0 Å². The molecule has 96 valence electrons. The van der Waals surface area contributed by atoms with Gasteiger partial charge in [0.1, 0.15) is 0 Å². The van der Waals surface area contributed by atoms with Crippen molar-refractivity contribution < 1.29 is 14.4 Å². The van der Waals surface area contributed by atoms with Crippen LogP contribution in [0.1, 0.15) is 20.7 Å². The van der Waals surface area contributed by atoms with Crippen molar-refractivity contribution in [2.75, 3.05) is 6.61 Å². The Kier molecular flexibility index (Phi) is 3.36. The molecule has 4 nitrogen and oxygen atoms in total. The lowest BCUT2D eigenvalue weighted by atomic mass is 10.1. The van der Waals surface area contributed by atoms with E-state index in [-0.39, 0.29) is 11.8 Å². The van der Waals surface area contributed by atoms with Crippen LogP contribution in [0.25, 0.3) is 0 Å². The quantitative estimate of drug-likeness (QED) is 0.619. The largest absolute Gasteiger partial charge is 0.285 e. The molecule has 2 rings (SSSR count). The van der Waals surface area contributed by atoms with Gasteiger partial charge in [-0.05, 0) is 18.2 Å². The van der Waals surface area contributed by atoms with Gasteiger partial charge < -0.3 is 0 Å². The number of imide groups is 1. The summed E-state index contributed by atoms with van der Waals surface area (Å²) in [4.78, 5) is 29.3. The van der Waals surface area contributed by atoms with E-state index < -0.39 is 8.07 Å². The predicted octanol–water partition coefficient (Wildman–Crippen LogP) is 2.55. The van der Waals surface area contributed by atoms with Gasteiger partial charge in [-0.1, -0.05) is 31.8 Å². The van der Waals surface area contributed by atoms with E-state index >= 15 is 0 Å². The maximum atomic E-state index is 12.0. The molecule has 0 unspecified atom stereocenters. The molecule has 0 atom stereocenters. The van der Waals surface area contributed by atoms with E-state index in [1.165, 1.54) is 0 Å². The SMILES string of the molecule is C[Si](C)(C)CCON1C(=O)c2ccccc2C1=O. The molecule has 0 aliphatic carbocycles. The van der Waals surface area contributed by atoms with Crippen LogP contribution in [0.3, 0.4) is 0 Å². The third-order valence-electron chi connectivity index (χ3n) is 2.83. The van der Waals surface area contributed by atoms with Crippen LogP contribution in [0, 0.1) is 0 Å². The number of nitrogens with zero attached hydrogens (tertiary/aromatic N) is 1. The number of benzene rings is 1. The molecule has 0 saturated carbocycles. The summed E-state index contributed by atoms with van der Waals surface area (Å²) < 4.78 is 0. The normalized spacial score (nSPS) is 15.2. The molecule has 1 heterocycles. The molecular weight excluding hydrogens is 246 g/mol. The van der Waals surface area contributed by atoms with Gasteiger partial charge >= 0.3 is 0 Å². The lowest BCUT2D eigenvalue weighted by Crippen LogP contribution is -2.32. The van der Waals surface area contributed by atoms with Crippen LogP contribution in [-0.4, -0.2) is 31.6 Å². The lowest BCUT2D eigenvalue weighted by Gasteiger charge is -2.18. The summed E-state index contributed by atoms with van der Waals surface area (Å²) in [6.45, 7) is 7.08. The fraction of sp³-hybridized carbons (Fsp3) is 0.385. The fourth-order valence-electron chi connectivity index (χ4n) is 1.73. The highest BCUT2D eigenvalue weighted by Crippen LogP contribution is 2.23. The van der Waals surface area contributed by atoms with Crippen LogP contribution in [0.15, 0.2) is 24.3 Å². The zero-order valence-corrected chi connectivity index (χ0v) is 11.9. The van der Waals surface area contributed by atoms with Crippen LogP contribution in [0.4, 0.5) is 0 Å². The van der Waals surface area contributed by atoms with Gasteiger partial charge in [0.05, 0.1) is 17.7 Å². The molecule has 0 aromatic heterocycles. The maximum absolute atomic E-state index is 12.0. The van der Waals surface area contributed by atoms with Gasteiger partial charge in [0.2, 0.25) is 0 Å². The smallest absolute Gasteiger partial charge is 0.266 e. The van der Waals surface area contributed by atoms with E-state index in [0.717, 1.165) is 11.1 Å². The molecule has 2 amide bonds. The second-order valence-corrected chi connectivity index (χ2v) is 11.2. The van der Waals surface area contributed by atoms with E-state index in [4.69, 9.17) is 4.84 Å². The van der Waals surface area contributed by atoms with Gasteiger partial charge in [-0.25, -0.2) is 0 Å². The Bertz CT molecular complexity index is 458. The molecule has 1 aromatic rings. The number of rotatable bonds is 4. The molecule has 0 bridgehead atoms. The highest BCUT2D eigenvalue weighted by atomic mass is 28.3. The van der Waals surface area contributed by atoms with Gasteiger partial charge in [0.15, 0.2) is 0 Å². The summed E-state index contributed by atoms with van der Waals surface area (Å²) in [6, 6.07) is 7.71. The molecule has 0 radical (unpaired) electrons. The first-order valence-corrected chi connectivity index (χ1v) is 9.71. The average Bonchev–Trinajstić information content (AvgIpc) is 2.53. The number of carbonyl (C=O) groups excluding carboxylic acids is 2. The highest BCUT2D eigenvalue weighted by molar-refractivity contribution is 6.76. The van der Waals surface area contributed by atoms with Crippen LogP contribution >= 0.6 is 0 Å². The third-order valence-corrected chi connectivity index (χ3v) is 4.53. The number of carbonyl (C=O) groups is 2. The molecule has 1 aliphatic rings. The summed E-state index contributed by atoms with van der Waals surface area (Å²) in [5.74, 6) is -0.711. The second-order valence-electron chi connectivity index (χ2n) is 5.59. The van der Waals surface area contributed by atoms with Crippen LogP contribution in [0.2, 0.25) is 25.7 Å². The lowest BCUT2D eigenvalue weighted by molar-refractivity contribution is -0.0865. The minimum atomic E-state index is -1.23. The Balaban J connectivity index is 2.05. The Morgan fingerprint density at radius 2 is 1.56 bits per heavy atom. The highest BCUT2D eigenvalue weighted by Gasteiger charge is 2.36. The van der Waals surface area contributed by atoms with Crippen molar-refractivity contribution in [2.24, 2.45) is 0 Å². The number of hydroxylamine groups is 2. The Hall–Kier alpha value is -1.46. The fourth-order valence-corrected chi connectivity index (χ4v) is 2.43. The predicted molar refractivity (Wildman–Crippen MR) is 71.0 cm³/mol. The molecule has 0 N–H and O–H groups in total. The van der Waals surface area contributed by atoms with Gasteiger partial charge in [0, 0.05) is 8.07 Å². The number of hydrogen-bond acceptors (Lipinski definition) is 3. The van der Waals surface area contributed by atoms with Gasteiger partial charge in [-0.2, -0.15) is 0 Å². The topological polar surface area (TPSA) is 46.6 Å². The van der Waals surface area contributed by atoms with Crippen molar-refractivity contribution in [3.63, 3.8) is 0 Å². The minimum absolute atomic E-state index is 0.355. The molecule has 0 fully saturated rings.